The highest BCUT2D eigenvalue weighted by molar-refractivity contribution is 5.92. The van der Waals surface area contributed by atoms with Crippen molar-refractivity contribution in [3.05, 3.63) is 54.1 Å². The number of hydrogen-bond acceptors (Lipinski definition) is 5. The molecule has 0 spiro atoms. The van der Waals surface area contributed by atoms with Crippen molar-refractivity contribution in [2.45, 2.75) is 6.92 Å². The van der Waals surface area contributed by atoms with Gasteiger partial charge < -0.3 is 19.5 Å². The molecule has 126 valence electrons. The van der Waals surface area contributed by atoms with Crippen LogP contribution in [0.5, 0.6) is 11.5 Å². The van der Waals surface area contributed by atoms with Crippen LogP contribution in [0.3, 0.4) is 0 Å². The average molecular weight is 329 g/mol. The minimum Gasteiger partial charge on any atom is -0.484 e. The van der Waals surface area contributed by atoms with Crippen LogP contribution in [-0.4, -0.2) is 32.2 Å². The number of benzene rings is 2. The third-order valence-electron chi connectivity index (χ3n) is 3.06. The molecule has 0 aliphatic heterocycles. The van der Waals surface area contributed by atoms with Crippen molar-refractivity contribution in [2.75, 3.05) is 25.6 Å². The summed E-state index contributed by atoms with van der Waals surface area (Å²) in [6, 6.07) is 14.2. The number of methoxy groups -OCH3 is 1. The van der Waals surface area contributed by atoms with E-state index in [1.165, 1.54) is 7.11 Å². The van der Waals surface area contributed by atoms with Gasteiger partial charge in [0.15, 0.2) is 13.2 Å². The van der Waals surface area contributed by atoms with E-state index < -0.39 is 5.97 Å². The summed E-state index contributed by atoms with van der Waals surface area (Å²) in [7, 11) is 1.29. The first-order valence-corrected chi connectivity index (χ1v) is 7.36. The summed E-state index contributed by atoms with van der Waals surface area (Å²) in [5.41, 5.74) is 1.61. The van der Waals surface area contributed by atoms with Crippen molar-refractivity contribution in [3.8, 4) is 11.5 Å². The van der Waals surface area contributed by atoms with E-state index in [2.05, 4.69) is 10.1 Å². The van der Waals surface area contributed by atoms with Crippen LogP contribution < -0.4 is 14.8 Å². The van der Waals surface area contributed by atoms with Gasteiger partial charge in [0.25, 0.3) is 5.91 Å². The lowest BCUT2D eigenvalue weighted by atomic mass is 10.2. The number of anilines is 1. The van der Waals surface area contributed by atoms with Crippen LogP contribution in [0.1, 0.15) is 5.56 Å². The first kappa shape index (κ1) is 17.3. The van der Waals surface area contributed by atoms with Gasteiger partial charge in [0.2, 0.25) is 0 Å². The zero-order valence-corrected chi connectivity index (χ0v) is 13.6. The summed E-state index contributed by atoms with van der Waals surface area (Å²) in [5, 5.41) is 2.71. The molecule has 0 heterocycles. The molecule has 2 rings (SSSR count). The van der Waals surface area contributed by atoms with E-state index in [1.54, 1.807) is 30.3 Å². The number of nitrogens with one attached hydrogen (secondary N) is 1. The predicted molar refractivity (Wildman–Crippen MR) is 89.3 cm³/mol. The molecule has 0 saturated carbocycles. The molecule has 2 aromatic carbocycles. The number of rotatable bonds is 7. The van der Waals surface area contributed by atoms with Crippen LogP contribution in [0.15, 0.2) is 48.5 Å². The quantitative estimate of drug-likeness (QED) is 0.790. The number of esters is 1. The smallest absolute Gasteiger partial charge is 0.343 e. The Morgan fingerprint density at radius 2 is 1.62 bits per heavy atom. The lowest BCUT2D eigenvalue weighted by Gasteiger charge is -2.10. The highest BCUT2D eigenvalue weighted by Crippen LogP contribution is 2.17. The molecule has 6 nitrogen and oxygen atoms in total. The lowest BCUT2D eigenvalue weighted by molar-refractivity contribution is -0.142. The van der Waals surface area contributed by atoms with Crippen molar-refractivity contribution < 1.29 is 23.8 Å². The van der Waals surface area contributed by atoms with Crippen LogP contribution in [0, 0.1) is 6.92 Å². The fourth-order valence-electron chi connectivity index (χ4n) is 1.92. The van der Waals surface area contributed by atoms with Gasteiger partial charge in [-0.3, -0.25) is 4.79 Å². The molecule has 2 aromatic rings. The van der Waals surface area contributed by atoms with E-state index in [4.69, 9.17) is 9.47 Å². The molecule has 0 fully saturated rings. The molecule has 0 unspecified atom stereocenters. The maximum atomic E-state index is 11.9. The molecule has 0 aromatic heterocycles. The third-order valence-corrected chi connectivity index (χ3v) is 3.06. The summed E-state index contributed by atoms with van der Waals surface area (Å²) in [5.74, 6) is 0.329. The van der Waals surface area contributed by atoms with Crippen molar-refractivity contribution in [2.24, 2.45) is 0 Å². The summed E-state index contributed by atoms with van der Waals surface area (Å²) in [6.07, 6.45) is 0. The SMILES string of the molecule is COC(=O)COc1cccc(NC(=O)COc2cccc(C)c2)c1. The largest absolute Gasteiger partial charge is 0.484 e. The van der Waals surface area contributed by atoms with Gasteiger partial charge in [0, 0.05) is 11.8 Å². The number of hydrogen-bond donors (Lipinski definition) is 1. The fourth-order valence-corrected chi connectivity index (χ4v) is 1.92. The topological polar surface area (TPSA) is 73.9 Å². The molecule has 0 aliphatic carbocycles. The van der Waals surface area contributed by atoms with Gasteiger partial charge in [-0.1, -0.05) is 18.2 Å². The molecule has 1 amide bonds. The van der Waals surface area contributed by atoms with Gasteiger partial charge in [-0.2, -0.15) is 0 Å². The van der Waals surface area contributed by atoms with Gasteiger partial charge in [-0.15, -0.1) is 0 Å². The van der Waals surface area contributed by atoms with Gasteiger partial charge in [-0.05, 0) is 36.8 Å². The van der Waals surface area contributed by atoms with E-state index in [0.717, 1.165) is 5.56 Å². The third kappa shape index (κ3) is 5.64. The zero-order chi connectivity index (χ0) is 17.4. The minimum absolute atomic E-state index is 0.100. The molecule has 0 aliphatic rings. The second kappa shape index (κ2) is 8.57. The second-order valence-corrected chi connectivity index (χ2v) is 5.05. The molecular weight excluding hydrogens is 310 g/mol. The number of ether oxygens (including phenoxy) is 3. The van der Waals surface area contributed by atoms with Crippen LogP contribution in [0.25, 0.3) is 0 Å². The summed E-state index contributed by atoms with van der Waals surface area (Å²) in [4.78, 5) is 23.0. The van der Waals surface area contributed by atoms with E-state index >= 15 is 0 Å². The number of carbonyl (C=O) groups is 2. The number of aryl methyl sites for hydroxylation is 1. The average Bonchev–Trinajstić information content (AvgIpc) is 2.58. The molecule has 6 heteroatoms. The van der Waals surface area contributed by atoms with Crippen LogP contribution in [0.4, 0.5) is 5.69 Å². The maximum Gasteiger partial charge on any atom is 0.343 e. The Morgan fingerprint density at radius 1 is 0.958 bits per heavy atom. The molecule has 0 atom stereocenters. The van der Waals surface area contributed by atoms with Crippen LogP contribution in [0.2, 0.25) is 0 Å². The Balaban J connectivity index is 1.86. The van der Waals surface area contributed by atoms with Crippen LogP contribution >= 0.6 is 0 Å². The van der Waals surface area contributed by atoms with Gasteiger partial charge >= 0.3 is 5.97 Å². The Labute approximate surface area is 140 Å². The van der Waals surface area contributed by atoms with Gasteiger partial charge in [0.05, 0.1) is 7.11 Å². The molecule has 24 heavy (non-hydrogen) atoms. The lowest BCUT2D eigenvalue weighted by Crippen LogP contribution is -2.20. The molecule has 0 saturated heterocycles. The number of amides is 1. The maximum absolute atomic E-state index is 11.9. The highest BCUT2D eigenvalue weighted by atomic mass is 16.6. The highest BCUT2D eigenvalue weighted by Gasteiger charge is 2.06. The van der Waals surface area contributed by atoms with Gasteiger partial charge in [-0.25, -0.2) is 4.79 Å². The predicted octanol–water partition coefficient (Wildman–Crippen LogP) is 2.56. The first-order valence-electron chi connectivity index (χ1n) is 7.36. The summed E-state index contributed by atoms with van der Waals surface area (Å²) in [6.45, 7) is 1.66. The monoisotopic (exact) mass is 329 g/mol. The molecular formula is C18H19NO5. The molecule has 0 radical (unpaired) electrons. The van der Waals surface area contributed by atoms with E-state index in [0.29, 0.717) is 17.2 Å². The summed E-state index contributed by atoms with van der Waals surface area (Å²) < 4.78 is 15.2. The van der Waals surface area contributed by atoms with Crippen LogP contribution in [-0.2, 0) is 14.3 Å². The minimum atomic E-state index is -0.476. The molecule has 1 N–H and O–H groups in total. The Morgan fingerprint density at radius 3 is 2.33 bits per heavy atom. The standard InChI is InChI=1S/C18H19NO5/c1-13-5-3-7-15(9-13)23-11-17(20)19-14-6-4-8-16(10-14)24-12-18(21)22-2/h3-10H,11-12H2,1-2H3,(H,19,20). The van der Waals surface area contributed by atoms with Crippen molar-refractivity contribution >= 4 is 17.6 Å². The Kier molecular flexibility index (Phi) is 6.19. The van der Waals surface area contributed by atoms with E-state index in [-0.39, 0.29) is 19.1 Å². The summed E-state index contributed by atoms with van der Waals surface area (Å²) >= 11 is 0. The Bertz CT molecular complexity index is 714. The normalized spacial score (nSPS) is 9.92. The number of carbonyl (C=O) groups excluding carboxylic acids is 2. The Hall–Kier alpha value is -3.02. The van der Waals surface area contributed by atoms with Crippen molar-refractivity contribution in [1.29, 1.82) is 0 Å². The van der Waals surface area contributed by atoms with Gasteiger partial charge in [0.1, 0.15) is 11.5 Å². The zero-order valence-electron chi connectivity index (χ0n) is 13.6. The van der Waals surface area contributed by atoms with E-state index in [1.807, 2.05) is 25.1 Å². The fraction of sp³-hybridized carbons (Fsp3) is 0.222. The van der Waals surface area contributed by atoms with Crippen molar-refractivity contribution in [1.82, 2.24) is 0 Å². The van der Waals surface area contributed by atoms with E-state index in [9.17, 15) is 9.59 Å². The second-order valence-electron chi connectivity index (χ2n) is 5.05. The molecule has 0 bridgehead atoms. The first-order chi connectivity index (χ1) is 11.6. The van der Waals surface area contributed by atoms with Crippen molar-refractivity contribution in [3.63, 3.8) is 0 Å².